The molecule has 1 aromatic carbocycles. The van der Waals surface area contributed by atoms with Crippen LogP contribution in [0.3, 0.4) is 0 Å². The molecule has 1 fully saturated rings. The predicted octanol–water partition coefficient (Wildman–Crippen LogP) is 2.68. The number of hydrogen-bond donors (Lipinski definition) is 3. The molecular weight excluding hydrogens is 406 g/mol. The van der Waals surface area contributed by atoms with E-state index in [0.717, 1.165) is 35.2 Å². The maximum atomic E-state index is 12.3. The zero-order valence-electron chi connectivity index (χ0n) is 18.2. The molecule has 0 radical (unpaired) electrons. The summed E-state index contributed by atoms with van der Waals surface area (Å²) in [5, 5.41) is 12.5. The molecule has 1 aliphatic rings. The average molecular weight is 434 g/mol. The Bertz CT molecular complexity index is 1070. The van der Waals surface area contributed by atoms with Crippen molar-refractivity contribution in [3.8, 4) is 11.3 Å². The smallest absolute Gasteiger partial charge is 0.269 e. The Morgan fingerprint density at radius 1 is 1.09 bits per heavy atom. The lowest BCUT2D eigenvalue weighted by atomic mass is 9.84. The number of benzene rings is 1. The van der Waals surface area contributed by atoms with Crippen LogP contribution in [-0.2, 0) is 10.3 Å². The molecule has 4 N–H and O–H groups in total. The van der Waals surface area contributed by atoms with Crippen molar-refractivity contribution in [2.75, 3.05) is 18.9 Å². The summed E-state index contributed by atoms with van der Waals surface area (Å²) in [5.74, 6) is 0.0578. The summed E-state index contributed by atoms with van der Waals surface area (Å²) in [6.07, 6.45) is 6.64. The number of carbonyl (C=O) groups is 1. The largest absolute Gasteiger partial charge is 0.389 e. The molecule has 0 aliphatic carbocycles. The monoisotopic (exact) mass is 433 g/mol. The van der Waals surface area contributed by atoms with Gasteiger partial charge in [-0.15, -0.1) is 0 Å². The molecule has 1 amide bonds. The number of pyridine rings is 1. The number of amides is 1. The Balaban J connectivity index is 1.57. The molecule has 4 rings (SSSR count). The fourth-order valence-electron chi connectivity index (χ4n) is 3.81. The number of nitrogens with one attached hydrogen (secondary N) is 1. The van der Waals surface area contributed by atoms with Crippen LogP contribution in [-0.4, -0.2) is 44.7 Å². The molecule has 1 aliphatic heterocycles. The Kier molecular flexibility index (Phi) is 5.90. The molecule has 3 aromatic rings. The van der Waals surface area contributed by atoms with Gasteiger partial charge in [0.25, 0.3) is 5.91 Å². The summed E-state index contributed by atoms with van der Waals surface area (Å²) in [6, 6.07) is 11.6. The highest BCUT2D eigenvalue weighted by molar-refractivity contribution is 5.92. The first-order valence-corrected chi connectivity index (χ1v) is 10.6. The van der Waals surface area contributed by atoms with Crippen LogP contribution >= 0.6 is 0 Å². The van der Waals surface area contributed by atoms with Crippen LogP contribution in [0.4, 0.5) is 5.82 Å². The van der Waals surface area contributed by atoms with Crippen molar-refractivity contribution in [2.24, 2.45) is 0 Å². The van der Waals surface area contributed by atoms with E-state index >= 15 is 0 Å². The van der Waals surface area contributed by atoms with E-state index in [1.165, 1.54) is 6.20 Å². The summed E-state index contributed by atoms with van der Waals surface area (Å²) in [6.45, 7) is 4.07. The molecular formula is C24H27N5O3. The van der Waals surface area contributed by atoms with E-state index in [9.17, 15) is 9.90 Å². The van der Waals surface area contributed by atoms with Crippen molar-refractivity contribution in [2.45, 2.75) is 37.9 Å². The molecule has 1 saturated heterocycles. The van der Waals surface area contributed by atoms with E-state index in [1.807, 2.05) is 30.3 Å². The topological polar surface area (TPSA) is 123 Å². The zero-order chi connectivity index (χ0) is 22.8. The first-order valence-electron chi connectivity index (χ1n) is 10.6. The third kappa shape index (κ3) is 4.61. The predicted molar refractivity (Wildman–Crippen MR) is 121 cm³/mol. The lowest BCUT2D eigenvalue weighted by Gasteiger charge is -2.29. The van der Waals surface area contributed by atoms with E-state index in [2.05, 4.69) is 20.3 Å². The van der Waals surface area contributed by atoms with Crippen molar-refractivity contribution in [3.63, 3.8) is 0 Å². The van der Waals surface area contributed by atoms with E-state index in [0.29, 0.717) is 18.1 Å². The molecule has 2 aromatic heterocycles. The lowest BCUT2D eigenvalue weighted by Crippen LogP contribution is -2.38. The van der Waals surface area contributed by atoms with Crippen LogP contribution in [0.15, 0.2) is 55.0 Å². The van der Waals surface area contributed by atoms with Crippen molar-refractivity contribution < 1.29 is 14.6 Å². The number of anilines is 1. The van der Waals surface area contributed by atoms with Crippen LogP contribution in [0.1, 0.15) is 48.3 Å². The minimum absolute atomic E-state index is 0.146. The normalized spacial score (nSPS) is 18.5. The maximum Gasteiger partial charge on any atom is 0.269 e. The second kappa shape index (κ2) is 8.64. The molecule has 166 valence electrons. The van der Waals surface area contributed by atoms with Gasteiger partial charge in [0.15, 0.2) is 0 Å². The van der Waals surface area contributed by atoms with E-state index < -0.39 is 11.2 Å². The minimum atomic E-state index is -0.985. The Morgan fingerprint density at radius 3 is 2.41 bits per heavy atom. The Hall–Kier alpha value is -3.36. The number of aromatic nitrogens is 3. The highest BCUT2D eigenvalue weighted by Gasteiger charge is 2.39. The van der Waals surface area contributed by atoms with E-state index in [4.69, 9.17) is 10.5 Å². The van der Waals surface area contributed by atoms with Crippen molar-refractivity contribution in [1.82, 2.24) is 20.3 Å². The summed E-state index contributed by atoms with van der Waals surface area (Å²) in [5.41, 5.74) is 7.92. The SMILES string of the molecule is CC(C)(O)CNC(=O)c1ccc([C@@]2(c3ccc(-c4cnc(N)cn4)cc3)CCCO2)cn1. The first kappa shape index (κ1) is 21.9. The zero-order valence-corrected chi connectivity index (χ0v) is 18.2. The molecule has 8 nitrogen and oxygen atoms in total. The van der Waals surface area contributed by atoms with Gasteiger partial charge in [-0.05, 0) is 38.3 Å². The average Bonchev–Trinajstić information content (AvgIpc) is 3.29. The molecule has 32 heavy (non-hydrogen) atoms. The first-order chi connectivity index (χ1) is 15.3. The molecule has 0 bridgehead atoms. The number of carbonyl (C=O) groups excluding carboxylic acids is 1. The lowest BCUT2D eigenvalue weighted by molar-refractivity contribution is 0.0356. The number of hydrogen-bond acceptors (Lipinski definition) is 7. The highest BCUT2D eigenvalue weighted by Crippen LogP contribution is 2.42. The van der Waals surface area contributed by atoms with Gasteiger partial charge < -0.3 is 20.9 Å². The van der Waals surface area contributed by atoms with Crippen molar-refractivity contribution >= 4 is 11.7 Å². The third-order valence-electron chi connectivity index (χ3n) is 5.48. The van der Waals surface area contributed by atoms with E-state index in [-0.39, 0.29) is 12.5 Å². The minimum Gasteiger partial charge on any atom is -0.389 e. The van der Waals surface area contributed by atoms with Gasteiger partial charge in [0.1, 0.15) is 17.1 Å². The van der Waals surface area contributed by atoms with Crippen LogP contribution in [0.2, 0.25) is 0 Å². The number of nitrogens with zero attached hydrogens (tertiary/aromatic N) is 3. The standard InChI is InChI=1S/C24H27N5O3/c1-23(2,31)15-29-22(30)19-9-8-18(12-26-19)24(10-3-11-32-24)17-6-4-16(5-7-17)20-13-28-21(25)14-27-20/h4-9,12-14,31H,3,10-11,15H2,1-2H3,(H2,25,28)(H,29,30)/t24-/m0/s1. The van der Waals surface area contributed by atoms with Gasteiger partial charge in [0, 0.05) is 30.5 Å². The molecule has 0 spiro atoms. The molecule has 0 saturated carbocycles. The summed E-state index contributed by atoms with van der Waals surface area (Å²) < 4.78 is 6.25. The molecule has 1 atom stereocenters. The van der Waals surface area contributed by atoms with Crippen LogP contribution in [0.5, 0.6) is 0 Å². The summed E-state index contributed by atoms with van der Waals surface area (Å²) >= 11 is 0. The quantitative estimate of drug-likeness (QED) is 0.546. The van der Waals surface area contributed by atoms with Crippen LogP contribution < -0.4 is 11.1 Å². The molecule has 0 unspecified atom stereocenters. The third-order valence-corrected chi connectivity index (χ3v) is 5.48. The van der Waals surface area contributed by atoms with Gasteiger partial charge in [-0.1, -0.05) is 30.3 Å². The van der Waals surface area contributed by atoms with Gasteiger partial charge >= 0.3 is 0 Å². The number of nitrogen functional groups attached to an aromatic ring is 1. The van der Waals surface area contributed by atoms with Gasteiger partial charge in [-0.25, -0.2) is 4.98 Å². The fraction of sp³-hybridized carbons (Fsp3) is 0.333. The van der Waals surface area contributed by atoms with Crippen LogP contribution in [0.25, 0.3) is 11.3 Å². The van der Waals surface area contributed by atoms with Gasteiger partial charge in [-0.2, -0.15) is 0 Å². The summed E-state index contributed by atoms with van der Waals surface area (Å²) in [4.78, 5) is 25.1. The van der Waals surface area contributed by atoms with Gasteiger partial charge in [0.05, 0.1) is 23.7 Å². The number of ether oxygens (including phenoxy) is 1. The molecule has 3 heterocycles. The number of nitrogens with two attached hydrogens (primary N) is 1. The van der Waals surface area contributed by atoms with Crippen LogP contribution in [0, 0.1) is 0 Å². The Morgan fingerprint density at radius 2 is 1.84 bits per heavy atom. The summed E-state index contributed by atoms with van der Waals surface area (Å²) in [7, 11) is 0. The second-order valence-corrected chi connectivity index (χ2v) is 8.61. The van der Waals surface area contributed by atoms with Gasteiger partial charge in [-0.3, -0.25) is 14.8 Å². The van der Waals surface area contributed by atoms with Crippen molar-refractivity contribution in [1.29, 1.82) is 0 Å². The fourth-order valence-corrected chi connectivity index (χ4v) is 3.81. The molecule has 8 heteroatoms. The maximum absolute atomic E-state index is 12.3. The Labute approximate surface area is 186 Å². The van der Waals surface area contributed by atoms with Gasteiger partial charge in [0.2, 0.25) is 0 Å². The second-order valence-electron chi connectivity index (χ2n) is 8.61. The highest BCUT2D eigenvalue weighted by atomic mass is 16.5. The number of rotatable bonds is 6. The van der Waals surface area contributed by atoms with Crippen molar-refractivity contribution in [3.05, 3.63) is 71.8 Å². The number of aliphatic hydroxyl groups is 1. The van der Waals surface area contributed by atoms with E-state index in [1.54, 1.807) is 32.3 Å².